The Morgan fingerprint density at radius 1 is 0.579 bits per heavy atom. The van der Waals surface area contributed by atoms with E-state index in [9.17, 15) is 9.59 Å². The lowest BCUT2D eigenvalue weighted by Gasteiger charge is -2.07. The van der Waals surface area contributed by atoms with E-state index in [0.717, 1.165) is 25.8 Å². The maximum atomic E-state index is 11.6. The summed E-state index contributed by atoms with van der Waals surface area (Å²) < 4.78 is 0. The zero-order valence-electron chi connectivity index (χ0n) is 12.0. The second-order valence-corrected chi connectivity index (χ2v) is 5.40. The number of carbonyl (C=O) groups excluding carboxylic acids is 2. The standard InChI is InChI=1S/C15H28N2O2/c18-14-10-7-5-3-1-2-4-6-8-12-16-15(19)17-13-9-11-14/h1-13H2,(H2,16,17,19). The fraction of sp³-hybridized carbons (Fsp3) is 0.867. The lowest BCUT2D eigenvalue weighted by Crippen LogP contribution is -2.36. The Bertz CT molecular complexity index is 241. The van der Waals surface area contributed by atoms with Crippen LogP contribution in [0.5, 0.6) is 0 Å². The lowest BCUT2D eigenvalue weighted by molar-refractivity contribution is -0.119. The normalized spacial score (nSPS) is 22.1. The Hall–Kier alpha value is -1.06. The van der Waals surface area contributed by atoms with E-state index in [0.29, 0.717) is 25.2 Å². The second kappa shape index (κ2) is 10.8. The zero-order chi connectivity index (χ0) is 13.8. The first-order valence-electron chi connectivity index (χ1n) is 7.82. The fourth-order valence-corrected chi connectivity index (χ4v) is 2.38. The van der Waals surface area contributed by atoms with Crippen molar-refractivity contribution in [1.29, 1.82) is 0 Å². The molecule has 4 nitrogen and oxygen atoms in total. The van der Waals surface area contributed by atoms with Gasteiger partial charge in [0.25, 0.3) is 0 Å². The first-order chi connectivity index (χ1) is 9.29. The van der Waals surface area contributed by atoms with Gasteiger partial charge in [0, 0.05) is 25.9 Å². The molecule has 110 valence electrons. The van der Waals surface area contributed by atoms with Crippen LogP contribution in [0.1, 0.15) is 70.6 Å². The van der Waals surface area contributed by atoms with Gasteiger partial charge in [-0.15, -0.1) is 0 Å². The molecule has 1 fully saturated rings. The average molecular weight is 268 g/mol. The summed E-state index contributed by atoms with van der Waals surface area (Å²) in [6.07, 6.45) is 11.6. The van der Waals surface area contributed by atoms with Crippen molar-refractivity contribution in [3.05, 3.63) is 0 Å². The van der Waals surface area contributed by atoms with Crippen LogP contribution in [0.15, 0.2) is 0 Å². The average Bonchev–Trinajstić information content (AvgIpc) is 2.40. The summed E-state index contributed by atoms with van der Waals surface area (Å²) in [6, 6.07) is -0.100. The summed E-state index contributed by atoms with van der Waals surface area (Å²) >= 11 is 0. The highest BCUT2D eigenvalue weighted by molar-refractivity contribution is 5.78. The molecule has 0 radical (unpaired) electrons. The van der Waals surface area contributed by atoms with Crippen molar-refractivity contribution >= 4 is 11.8 Å². The van der Waals surface area contributed by atoms with E-state index in [-0.39, 0.29) is 6.03 Å². The van der Waals surface area contributed by atoms with E-state index >= 15 is 0 Å². The highest BCUT2D eigenvalue weighted by Crippen LogP contribution is 2.10. The molecule has 1 aliphatic heterocycles. The number of carbonyl (C=O) groups is 2. The van der Waals surface area contributed by atoms with E-state index in [2.05, 4.69) is 10.6 Å². The molecule has 19 heavy (non-hydrogen) atoms. The predicted octanol–water partition coefficient (Wildman–Crippen LogP) is 3.16. The molecule has 0 aromatic heterocycles. The molecule has 1 aliphatic rings. The molecule has 1 heterocycles. The largest absolute Gasteiger partial charge is 0.338 e. The van der Waals surface area contributed by atoms with Crippen LogP contribution < -0.4 is 10.6 Å². The molecule has 0 saturated carbocycles. The van der Waals surface area contributed by atoms with Gasteiger partial charge in [-0.1, -0.05) is 38.5 Å². The minimum absolute atomic E-state index is 0.100. The van der Waals surface area contributed by atoms with Gasteiger partial charge in [-0.2, -0.15) is 0 Å². The third kappa shape index (κ3) is 9.51. The summed E-state index contributed by atoms with van der Waals surface area (Å²) in [5, 5.41) is 5.65. The van der Waals surface area contributed by atoms with Gasteiger partial charge < -0.3 is 10.6 Å². The number of hydrogen-bond acceptors (Lipinski definition) is 2. The molecule has 1 rings (SSSR count). The van der Waals surface area contributed by atoms with Gasteiger partial charge in [0.1, 0.15) is 5.78 Å². The number of amides is 2. The van der Waals surface area contributed by atoms with Crippen molar-refractivity contribution in [2.75, 3.05) is 13.1 Å². The van der Waals surface area contributed by atoms with Crippen LogP contribution in [-0.4, -0.2) is 24.9 Å². The number of urea groups is 1. The number of rotatable bonds is 0. The van der Waals surface area contributed by atoms with Gasteiger partial charge >= 0.3 is 6.03 Å². The Labute approximate surface area is 116 Å². The van der Waals surface area contributed by atoms with E-state index < -0.39 is 0 Å². The molecular formula is C15H28N2O2. The summed E-state index contributed by atoms with van der Waals surface area (Å²) in [5.74, 6) is 0.339. The molecular weight excluding hydrogens is 240 g/mol. The second-order valence-electron chi connectivity index (χ2n) is 5.40. The molecule has 4 heteroatoms. The van der Waals surface area contributed by atoms with E-state index in [1.54, 1.807) is 0 Å². The van der Waals surface area contributed by atoms with E-state index in [1.807, 2.05) is 0 Å². The van der Waals surface area contributed by atoms with Crippen molar-refractivity contribution in [1.82, 2.24) is 10.6 Å². The number of nitrogens with one attached hydrogen (secondary N) is 2. The molecule has 2 amide bonds. The van der Waals surface area contributed by atoms with Crippen molar-refractivity contribution in [2.24, 2.45) is 0 Å². The molecule has 0 aromatic carbocycles. The van der Waals surface area contributed by atoms with Crippen LogP contribution in [0.25, 0.3) is 0 Å². The highest BCUT2D eigenvalue weighted by atomic mass is 16.2. The molecule has 0 spiro atoms. The maximum Gasteiger partial charge on any atom is 0.314 e. The van der Waals surface area contributed by atoms with Crippen LogP contribution in [0.3, 0.4) is 0 Å². The Kier molecular flexibility index (Phi) is 9.11. The van der Waals surface area contributed by atoms with Gasteiger partial charge in [-0.05, 0) is 19.3 Å². The Morgan fingerprint density at radius 3 is 1.74 bits per heavy atom. The molecule has 1 saturated heterocycles. The van der Waals surface area contributed by atoms with Crippen LogP contribution in [0.4, 0.5) is 4.79 Å². The summed E-state index contributed by atoms with van der Waals surface area (Å²) in [7, 11) is 0. The Balaban J connectivity index is 2.22. The van der Waals surface area contributed by atoms with Crippen molar-refractivity contribution in [2.45, 2.75) is 70.6 Å². The third-order valence-corrected chi connectivity index (χ3v) is 3.59. The SMILES string of the molecule is O=C1CCCCCCCCCCNC(=O)NCCC1. The minimum atomic E-state index is -0.100. The van der Waals surface area contributed by atoms with Gasteiger partial charge in [0.2, 0.25) is 0 Å². The molecule has 0 atom stereocenters. The number of ketones is 1. The molecule has 2 N–H and O–H groups in total. The van der Waals surface area contributed by atoms with Crippen molar-refractivity contribution < 1.29 is 9.59 Å². The number of Topliss-reactive ketones (excluding diaryl/α,β-unsaturated/α-hetero) is 1. The smallest absolute Gasteiger partial charge is 0.314 e. The first kappa shape index (κ1) is 16.0. The summed E-state index contributed by atoms with van der Waals surface area (Å²) in [6.45, 7) is 1.35. The topological polar surface area (TPSA) is 58.2 Å². The van der Waals surface area contributed by atoms with Crippen LogP contribution >= 0.6 is 0 Å². The molecule has 0 aliphatic carbocycles. The zero-order valence-corrected chi connectivity index (χ0v) is 12.0. The predicted molar refractivity (Wildman–Crippen MR) is 77.2 cm³/mol. The third-order valence-electron chi connectivity index (χ3n) is 3.59. The van der Waals surface area contributed by atoms with Gasteiger partial charge in [0.05, 0.1) is 0 Å². The Morgan fingerprint density at radius 2 is 1.05 bits per heavy atom. The van der Waals surface area contributed by atoms with E-state index in [4.69, 9.17) is 0 Å². The molecule has 0 unspecified atom stereocenters. The fourth-order valence-electron chi connectivity index (χ4n) is 2.38. The molecule has 0 bridgehead atoms. The number of hydrogen-bond donors (Lipinski definition) is 2. The van der Waals surface area contributed by atoms with Crippen molar-refractivity contribution in [3.63, 3.8) is 0 Å². The lowest BCUT2D eigenvalue weighted by atomic mass is 10.0. The van der Waals surface area contributed by atoms with Crippen molar-refractivity contribution in [3.8, 4) is 0 Å². The monoisotopic (exact) mass is 268 g/mol. The summed E-state index contributed by atoms with van der Waals surface area (Å²) in [5.41, 5.74) is 0. The van der Waals surface area contributed by atoms with Gasteiger partial charge in [0.15, 0.2) is 0 Å². The van der Waals surface area contributed by atoms with Crippen LogP contribution in [0.2, 0.25) is 0 Å². The summed E-state index contributed by atoms with van der Waals surface area (Å²) in [4.78, 5) is 23.0. The maximum absolute atomic E-state index is 11.6. The molecule has 0 aromatic rings. The first-order valence-corrected chi connectivity index (χ1v) is 7.82. The minimum Gasteiger partial charge on any atom is -0.338 e. The van der Waals surface area contributed by atoms with Gasteiger partial charge in [-0.3, -0.25) is 4.79 Å². The highest BCUT2D eigenvalue weighted by Gasteiger charge is 2.04. The van der Waals surface area contributed by atoms with Crippen LogP contribution in [-0.2, 0) is 4.79 Å². The van der Waals surface area contributed by atoms with Gasteiger partial charge in [-0.25, -0.2) is 4.79 Å². The quantitative estimate of drug-likeness (QED) is 0.709. The van der Waals surface area contributed by atoms with E-state index in [1.165, 1.54) is 38.5 Å². The van der Waals surface area contributed by atoms with Crippen LogP contribution in [0, 0.1) is 0 Å².